The van der Waals surface area contributed by atoms with Crippen molar-refractivity contribution in [2.75, 3.05) is 0 Å². The molecule has 1 N–H and O–H groups in total. The summed E-state index contributed by atoms with van der Waals surface area (Å²) in [6, 6.07) is 6.61. The number of hydrogen-bond donors (Lipinski definition) is 1. The lowest BCUT2D eigenvalue weighted by Crippen LogP contribution is -2.45. The van der Waals surface area contributed by atoms with Gasteiger partial charge >= 0.3 is 6.03 Å². The number of urea groups is 1. The standard InChI is InChI=1S/C14H16Cl3N3O/c1-14(2,3)20(9-12(16)17)13(21)19-18-8-10-4-6-11(15)7-5-10/h4-9H,1-3H3,(H,19,21)/b18-8-. The molecule has 0 saturated heterocycles. The van der Waals surface area contributed by atoms with E-state index in [-0.39, 0.29) is 4.49 Å². The van der Waals surface area contributed by atoms with Gasteiger partial charge in [0, 0.05) is 16.8 Å². The maximum absolute atomic E-state index is 12.1. The molecule has 0 radical (unpaired) electrons. The van der Waals surface area contributed by atoms with Crippen molar-refractivity contribution in [3.63, 3.8) is 0 Å². The lowest BCUT2D eigenvalue weighted by Gasteiger charge is -2.31. The predicted molar refractivity (Wildman–Crippen MR) is 89.0 cm³/mol. The van der Waals surface area contributed by atoms with E-state index in [1.54, 1.807) is 24.3 Å². The molecule has 0 aliphatic carbocycles. The molecule has 0 heterocycles. The zero-order chi connectivity index (χ0) is 16.0. The van der Waals surface area contributed by atoms with E-state index in [9.17, 15) is 4.79 Å². The van der Waals surface area contributed by atoms with Crippen molar-refractivity contribution in [3.8, 4) is 0 Å². The molecule has 2 amide bonds. The number of amides is 2. The maximum atomic E-state index is 12.1. The van der Waals surface area contributed by atoms with Gasteiger partial charge in [0.1, 0.15) is 4.49 Å². The van der Waals surface area contributed by atoms with E-state index >= 15 is 0 Å². The van der Waals surface area contributed by atoms with E-state index in [0.717, 1.165) is 5.56 Å². The lowest BCUT2D eigenvalue weighted by atomic mass is 10.1. The van der Waals surface area contributed by atoms with Crippen LogP contribution in [0.15, 0.2) is 40.1 Å². The summed E-state index contributed by atoms with van der Waals surface area (Å²) in [6.45, 7) is 5.55. The van der Waals surface area contributed by atoms with Crippen LogP contribution in [0.4, 0.5) is 4.79 Å². The summed E-state index contributed by atoms with van der Waals surface area (Å²) in [5.41, 5.74) is 2.74. The highest BCUT2D eigenvalue weighted by atomic mass is 35.5. The van der Waals surface area contributed by atoms with Crippen LogP contribution in [0.1, 0.15) is 26.3 Å². The summed E-state index contributed by atoms with van der Waals surface area (Å²) in [7, 11) is 0. The van der Waals surface area contributed by atoms with E-state index in [4.69, 9.17) is 34.8 Å². The molecular weight excluding hydrogens is 333 g/mol. The van der Waals surface area contributed by atoms with Crippen LogP contribution in [-0.2, 0) is 0 Å². The number of nitrogens with one attached hydrogen (secondary N) is 1. The van der Waals surface area contributed by atoms with Gasteiger partial charge in [0.2, 0.25) is 0 Å². The fourth-order valence-corrected chi connectivity index (χ4v) is 1.74. The third-order valence-electron chi connectivity index (χ3n) is 2.41. The highest BCUT2D eigenvalue weighted by molar-refractivity contribution is 6.55. The quantitative estimate of drug-likeness (QED) is 0.621. The number of rotatable bonds is 3. The molecule has 114 valence electrons. The Labute approximate surface area is 139 Å². The third-order valence-corrected chi connectivity index (χ3v) is 2.86. The van der Waals surface area contributed by atoms with Gasteiger partial charge in [-0.15, -0.1) is 0 Å². The number of nitrogens with zero attached hydrogens (tertiary/aromatic N) is 2. The second-order valence-corrected chi connectivity index (χ2v) is 6.63. The van der Waals surface area contributed by atoms with Crippen molar-refractivity contribution >= 4 is 47.0 Å². The van der Waals surface area contributed by atoms with Crippen molar-refractivity contribution in [2.45, 2.75) is 26.3 Å². The number of hydrogen-bond acceptors (Lipinski definition) is 2. The Morgan fingerprint density at radius 1 is 1.24 bits per heavy atom. The lowest BCUT2D eigenvalue weighted by molar-refractivity contribution is 0.179. The van der Waals surface area contributed by atoms with Crippen LogP contribution >= 0.6 is 34.8 Å². The number of carbonyl (C=O) groups excluding carboxylic acids is 1. The topological polar surface area (TPSA) is 44.7 Å². The van der Waals surface area contributed by atoms with Gasteiger partial charge in [-0.25, -0.2) is 10.2 Å². The van der Waals surface area contributed by atoms with Crippen LogP contribution in [0, 0.1) is 0 Å². The molecule has 1 aromatic rings. The van der Waals surface area contributed by atoms with Crippen LogP contribution < -0.4 is 5.43 Å². The van der Waals surface area contributed by atoms with Gasteiger partial charge < -0.3 is 0 Å². The third kappa shape index (κ3) is 6.38. The van der Waals surface area contributed by atoms with Crippen LogP contribution in [0.2, 0.25) is 5.02 Å². The Hall–Kier alpha value is -1.23. The first kappa shape index (κ1) is 17.8. The Morgan fingerprint density at radius 3 is 2.29 bits per heavy atom. The molecule has 0 unspecified atom stereocenters. The van der Waals surface area contributed by atoms with Crippen LogP contribution in [0.25, 0.3) is 0 Å². The molecule has 0 aliphatic rings. The summed E-state index contributed by atoms with van der Waals surface area (Å²) in [4.78, 5) is 13.5. The monoisotopic (exact) mass is 347 g/mol. The average molecular weight is 349 g/mol. The average Bonchev–Trinajstić information content (AvgIpc) is 2.36. The fourth-order valence-electron chi connectivity index (χ4n) is 1.42. The van der Waals surface area contributed by atoms with Gasteiger partial charge in [-0.1, -0.05) is 46.9 Å². The summed E-state index contributed by atoms with van der Waals surface area (Å²) in [5, 5.41) is 4.52. The van der Waals surface area contributed by atoms with Gasteiger partial charge in [-0.2, -0.15) is 5.10 Å². The van der Waals surface area contributed by atoms with Crippen molar-refractivity contribution < 1.29 is 4.79 Å². The Kier molecular flexibility index (Phi) is 6.52. The Morgan fingerprint density at radius 2 is 1.81 bits per heavy atom. The SMILES string of the molecule is CC(C)(C)N(C=C(Cl)Cl)C(=O)N/N=C\c1ccc(Cl)cc1. The molecule has 1 rings (SSSR count). The van der Waals surface area contributed by atoms with E-state index < -0.39 is 11.6 Å². The first-order valence-electron chi connectivity index (χ1n) is 6.11. The minimum atomic E-state index is -0.491. The van der Waals surface area contributed by atoms with E-state index in [1.807, 2.05) is 20.8 Å². The summed E-state index contributed by atoms with van der Waals surface area (Å²) < 4.78 is -0.0123. The smallest absolute Gasteiger partial charge is 0.292 e. The molecule has 7 heteroatoms. The highest BCUT2D eigenvalue weighted by Crippen LogP contribution is 2.18. The van der Waals surface area contributed by atoms with Gasteiger partial charge in [0.25, 0.3) is 0 Å². The first-order valence-corrected chi connectivity index (χ1v) is 7.24. The second-order valence-electron chi connectivity index (χ2n) is 5.19. The van der Waals surface area contributed by atoms with Gasteiger partial charge in [-0.05, 0) is 38.5 Å². The molecule has 0 saturated carbocycles. The van der Waals surface area contributed by atoms with E-state index in [0.29, 0.717) is 5.02 Å². The fraction of sp³-hybridized carbons (Fsp3) is 0.286. The second kappa shape index (κ2) is 7.69. The summed E-state index contributed by atoms with van der Waals surface area (Å²) >= 11 is 17.0. The van der Waals surface area contributed by atoms with E-state index in [1.165, 1.54) is 17.3 Å². The maximum Gasteiger partial charge on any atom is 0.342 e. The minimum absolute atomic E-state index is 0.0123. The minimum Gasteiger partial charge on any atom is -0.292 e. The van der Waals surface area contributed by atoms with Crippen LogP contribution in [0.3, 0.4) is 0 Å². The summed E-state index contributed by atoms with van der Waals surface area (Å²) in [5.74, 6) is 0. The summed E-state index contributed by atoms with van der Waals surface area (Å²) in [6.07, 6.45) is 2.86. The van der Waals surface area contributed by atoms with E-state index in [2.05, 4.69) is 10.5 Å². The first-order chi connectivity index (χ1) is 9.70. The number of carbonyl (C=O) groups is 1. The molecule has 0 aromatic heterocycles. The molecule has 1 aromatic carbocycles. The predicted octanol–water partition coefficient (Wildman–Crippen LogP) is 4.76. The Bertz CT molecular complexity index is 544. The molecular formula is C14H16Cl3N3O. The van der Waals surface area contributed by atoms with Crippen molar-refractivity contribution in [3.05, 3.63) is 45.5 Å². The molecule has 0 aliphatic heterocycles. The van der Waals surface area contributed by atoms with Crippen molar-refractivity contribution in [2.24, 2.45) is 5.10 Å². The number of halogens is 3. The van der Waals surface area contributed by atoms with Gasteiger partial charge in [0.05, 0.1) is 6.21 Å². The number of hydrazone groups is 1. The normalized spacial score (nSPS) is 11.3. The zero-order valence-electron chi connectivity index (χ0n) is 11.9. The van der Waals surface area contributed by atoms with Crippen molar-refractivity contribution in [1.29, 1.82) is 0 Å². The van der Waals surface area contributed by atoms with Gasteiger partial charge in [-0.3, -0.25) is 4.90 Å². The van der Waals surface area contributed by atoms with Gasteiger partial charge in [0.15, 0.2) is 0 Å². The molecule has 0 bridgehead atoms. The Balaban J connectivity index is 2.74. The molecule has 4 nitrogen and oxygen atoms in total. The highest BCUT2D eigenvalue weighted by Gasteiger charge is 2.25. The molecule has 0 spiro atoms. The number of benzene rings is 1. The molecule has 21 heavy (non-hydrogen) atoms. The zero-order valence-corrected chi connectivity index (χ0v) is 14.2. The molecule has 0 atom stereocenters. The van der Waals surface area contributed by atoms with Crippen LogP contribution in [-0.4, -0.2) is 22.7 Å². The van der Waals surface area contributed by atoms with Crippen LogP contribution in [0.5, 0.6) is 0 Å². The van der Waals surface area contributed by atoms with Crippen molar-refractivity contribution in [1.82, 2.24) is 10.3 Å². The largest absolute Gasteiger partial charge is 0.342 e. The molecule has 0 fully saturated rings.